The predicted molar refractivity (Wildman–Crippen MR) is 50.0 cm³/mol. The summed E-state index contributed by atoms with van der Waals surface area (Å²) in [6.07, 6.45) is 0. The van der Waals surface area contributed by atoms with E-state index in [0.29, 0.717) is 5.39 Å². The minimum Gasteiger partial charge on any atom is -0.508 e. The van der Waals surface area contributed by atoms with Gasteiger partial charge in [-0.25, -0.2) is 4.39 Å². The third kappa shape index (κ3) is 1.23. The SMILES string of the molecule is COc1sc2ccc(O)cc2c1F. The maximum atomic E-state index is 13.4. The van der Waals surface area contributed by atoms with Gasteiger partial charge in [0.15, 0.2) is 5.82 Å². The maximum absolute atomic E-state index is 13.4. The summed E-state index contributed by atoms with van der Waals surface area (Å²) < 4.78 is 19.0. The molecule has 0 bridgehead atoms. The van der Waals surface area contributed by atoms with Crippen LogP contribution in [0.2, 0.25) is 0 Å². The van der Waals surface area contributed by atoms with Crippen molar-refractivity contribution in [1.29, 1.82) is 0 Å². The number of phenols is 1. The zero-order valence-corrected chi connectivity index (χ0v) is 7.69. The first-order valence-electron chi connectivity index (χ1n) is 3.67. The second-order valence-corrected chi connectivity index (χ2v) is 3.60. The van der Waals surface area contributed by atoms with Crippen molar-refractivity contribution >= 4 is 21.4 Å². The molecule has 0 fully saturated rings. The number of methoxy groups -OCH3 is 1. The van der Waals surface area contributed by atoms with Gasteiger partial charge in [0.1, 0.15) is 5.75 Å². The molecule has 1 aromatic heterocycles. The number of thiophene rings is 1. The van der Waals surface area contributed by atoms with E-state index in [1.807, 2.05) is 0 Å². The van der Waals surface area contributed by atoms with Crippen LogP contribution in [0.1, 0.15) is 0 Å². The number of halogens is 1. The second kappa shape index (κ2) is 2.88. The molecule has 0 atom stereocenters. The Kier molecular flexibility index (Phi) is 1.84. The van der Waals surface area contributed by atoms with E-state index in [2.05, 4.69) is 0 Å². The summed E-state index contributed by atoms with van der Waals surface area (Å²) in [6, 6.07) is 4.59. The summed E-state index contributed by atoms with van der Waals surface area (Å²) in [5.41, 5.74) is 0. The highest BCUT2D eigenvalue weighted by molar-refractivity contribution is 7.20. The number of benzene rings is 1. The van der Waals surface area contributed by atoms with Gasteiger partial charge in [0, 0.05) is 10.1 Å². The lowest BCUT2D eigenvalue weighted by atomic mass is 10.2. The average molecular weight is 198 g/mol. The Balaban J connectivity index is 2.77. The fourth-order valence-corrected chi connectivity index (χ4v) is 2.04. The van der Waals surface area contributed by atoms with Crippen molar-refractivity contribution in [3.8, 4) is 10.8 Å². The van der Waals surface area contributed by atoms with Crippen molar-refractivity contribution in [2.24, 2.45) is 0 Å². The molecule has 13 heavy (non-hydrogen) atoms. The topological polar surface area (TPSA) is 29.5 Å². The van der Waals surface area contributed by atoms with E-state index in [1.54, 1.807) is 6.07 Å². The van der Waals surface area contributed by atoms with E-state index in [9.17, 15) is 4.39 Å². The van der Waals surface area contributed by atoms with Crippen LogP contribution < -0.4 is 4.74 Å². The molecular formula is C9H7FO2S. The summed E-state index contributed by atoms with van der Waals surface area (Å²) in [7, 11) is 1.42. The average Bonchev–Trinajstić information content (AvgIpc) is 2.44. The van der Waals surface area contributed by atoms with Crippen LogP contribution in [0.25, 0.3) is 10.1 Å². The van der Waals surface area contributed by atoms with E-state index in [0.717, 1.165) is 4.70 Å². The van der Waals surface area contributed by atoms with Gasteiger partial charge < -0.3 is 9.84 Å². The molecule has 1 N–H and O–H groups in total. The van der Waals surface area contributed by atoms with Crippen molar-refractivity contribution in [1.82, 2.24) is 0 Å². The fourth-order valence-electron chi connectivity index (χ4n) is 1.16. The third-order valence-electron chi connectivity index (χ3n) is 1.77. The molecule has 0 aliphatic rings. The second-order valence-electron chi connectivity index (χ2n) is 2.59. The number of rotatable bonds is 1. The molecule has 0 spiro atoms. The summed E-state index contributed by atoms with van der Waals surface area (Å²) in [5, 5.41) is 9.79. The molecule has 2 rings (SSSR count). The van der Waals surface area contributed by atoms with E-state index < -0.39 is 5.82 Å². The molecule has 0 unspecified atom stereocenters. The van der Waals surface area contributed by atoms with E-state index >= 15 is 0 Å². The van der Waals surface area contributed by atoms with Gasteiger partial charge in [-0.2, -0.15) is 0 Å². The fraction of sp³-hybridized carbons (Fsp3) is 0.111. The Morgan fingerprint density at radius 3 is 2.92 bits per heavy atom. The maximum Gasteiger partial charge on any atom is 0.211 e. The molecule has 68 valence electrons. The molecule has 0 amide bonds. The number of ether oxygens (including phenoxy) is 1. The first kappa shape index (κ1) is 8.31. The lowest BCUT2D eigenvalue weighted by molar-refractivity contribution is 0.402. The van der Waals surface area contributed by atoms with Crippen molar-refractivity contribution < 1.29 is 14.2 Å². The van der Waals surface area contributed by atoms with Gasteiger partial charge in [0.2, 0.25) is 5.06 Å². The quantitative estimate of drug-likeness (QED) is 0.763. The number of fused-ring (bicyclic) bond motifs is 1. The number of phenolic OH excluding ortho intramolecular Hbond substituents is 1. The summed E-state index contributed by atoms with van der Waals surface area (Å²) in [6.45, 7) is 0. The van der Waals surface area contributed by atoms with Gasteiger partial charge in [-0.05, 0) is 18.2 Å². The number of aromatic hydroxyl groups is 1. The molecule has 1 heterocycles. The zero-order chi connectivity index (χ0) is 9.42. The van der Waals surface area contributed by atoms with Crippen LogP contribution in [0.5, 0.6) is 10.8 Å². The Labute approximate surface area is 78.2 Å². The van der Waals surface area contributed by atoms with Crippen molar-refractivity contribution in [3.05, 3.63) is 24.0 Å². The highest BCUT2D eigenvalue weighted by Crippen LogP contribution is 2.37. The summed E-state index contributed by atoms with van der Waals surface area (Å²) >= 11 is 1.22. The van der Waals surface area contributed by atoms with Gasteiger partial charge in [-0.15, -0.1) is 0 Å². The number of hydrogen-bond acceptors (Lipinski definition) is 3. The van der Waals surface area contributed by atoms with Crippen LogP contribution in [-0.4, -0.2) is 12.2 Å². The van der Waals surface area contributed by atoms with Gasteiger partial charge in [0.05, 0.1) is 7.11 Å². The van der Waals surface area contributed by atoms with Gasteiger partial charge in [-0.1, -0.05) is 11.3 Å². The molecule has 0 aliphatic carbocycles. The molecule has 0 radical (unpaired) electrons. The lowest BCUT2D eigenvalue weighted by Gasteiger charge is -1.91. The summed E-state index contributed by atoms with van der Waals surface area (Å²) in [5.74, 6) is -0.342. The van der Waals surface area contributed by atoms with Gasteiger partial charge >= 0.3 is 0 Å². The summed E-state index contributed by atoms with van der Waals surface area (Å²) in [4.78, 5) is 0. The van der Waals surface area contributed by atoms with Crippen LogP contribution in [0.3, 0.4) is 0 Å². The highest BCUT2D eigenvalue weighted by Gasteiger charge is 2.12. The van der Waals surface area contributed by atoms with Crippen LogP contribution in [-0.2, 0) is 0 Å². The Bertz CT molecular complexity index is 450. The van der Waals surface area contributed by atoms with Gasteiger partial charge in [-0.3, -0.25) is 0 Å². The molecule has 0 aliphatic heterocycles. The minimum absolute atomic E-state index is 0.0619. The van der Waals surface area contributed by atoms with Gasteiger partial charge in [0.25, 0.3) is 0 Å². The first-order chi connectivity index (χ1) is 6.22. The monoisotopic (exact) mass is 198 g/mol. The lowest BCUT2D eigenvalue weighted by Crippen LogP contribution is -1.80. The van der Waals surface area contributed by atoms with E-state index in [-0.39, 0.29) is 10.8 Å². The molecule has 1 aromatic carbocycles. The van der Waals surface area contributed by atoms with Crippen LogP contribution in [0.4, 0.5) is 4.39 Å². The van der Waals surface area contributed by atoms with E-state index in [1.165, 1.54) is 30.6 Å². The Morgan fingerprint density at radius 1 is 1.46 bits per heavy atom. The third-order valence-corrected chi connectivity index (χ3v) is 2.87. The largest absolute Gasteiger partial charge is 0.508 e. The number of hydrogen-bond donors (Lipinski definition) is 1. The normalized spacial score (nSPS) is 10.6. The zero-order valence-electron chi connectivity index (χ0n) is 6.87. The molecule has 4 heteroatoms. The minimum atomic E-state index is -0.404. The van der Waals surface area contributed by atoms with Crippen molar-refractivity contribution in [2.45, 2.75) is 0 Å². The molecule has 2 aromatic rings. The van der Waals surface area contributed by atoms with Crippen LogP contribution >= 0.6 is 11.3 Å². The van der Waals surface area contributed by atoms with Crippen molar-refractivity contribution in [2.75, 3.05) is 7.11 Å². The first-order valence-corrected chi connectivity index (χ1v) is 4.49. The Hall–Kier alpha value is -1.29. The predicted octanol–water partition coefficient (Wildman–Crippen LogP) is 2.75. The standard InChI is InChI=1S/C9H7FO2S/c1-12-9-8(10)6-4-5(11)2-3-7(6)13-9/h2-4,11H,1H3. The smallest absolute Gasteiger partial charge is 0.211 e. The van der Waals surface area contributed by atoms with E-state index in [4.69, 9.17) is 9.84 Å². The molecule has 0 saturated carbocycles. The van der Waals surface area contributed by atoms with Crippen LogP contribution in [0, 0.1) is 5.82 Å². The molecule has 0 saturated heterocycles. The molecular weight excluding hydrogens is 191 g/mol. The van der Waals surface area contributed by atoms with Crippen LogP contribution in [0.15, 0.2) is 18.2 Å². The van der Waals surface area contributed by atoms with Crippen molar-refractivity contribution in [3.63, 3.8) is 0 Å². The molecule has 2 nitrogen and oxygen atoms in total. The highest BCUT2D eigenvalue weighted by atomic mass is 32.1. The Morgan fingerprint density at radius 2 is 2.23 bits per heavy atom.